The molecule has 1 aliphatic heterocycles. The molecule has 1 aliphatic rings. The molecule has 2 N–H and O–H groups in total. The third-order valence-corrected chi connectivity index (χ3v) is 5.22. The highest BCUT2D eigenvalue weighted by Crippen LogP contribution is 2.17. The number of halogens is 1. The van der Waals surface area contributed by atoms with Gasteiger partial charge in [0.25, 0.3) is 0 Å². The van der Waals surface area contributed by atoms with Gasteiger partial charge in [-0.3, -0.25) is 9.79 Å². The third kappa shape index (κ3) is 6.20. The van der Waals surface area contributed by atoms with Gasteiger partial charge in [0.1, 0.15) is 5.82 Å². The van der Waals surface area contributed by atoms with Crippen molar-refractivity contribution in [3.8, 4) is 0 Å². The number of rotatable bonds is 6. The number of piperazine rings is 1. The second kappa shape index (κ2) is 10.6. The van der Waals surface area contributed by atoms with E-state index in [4.69, 9.17) is 0 Å². The molecule has 0 aliphatic carbocycles. The highest BCUT2D eigenvalue weighted by atomic mass is 19.1. The highest BCUT2D eigenvalue weighted by molar-refractivity contribution is 5.81. The van der Waals surface area contributed by atoms with Gasteiger partial charge in [0.15, 0.2) is 5.96 Å². The van der Waals surface area contributed by atoms with Crippen LogP contribution in [0.25, 0.3) is 0 Å². The lowest BCUT2D eigenvalue weighted by atomic mass is 10.1. The second-order valence-electron chi connectivity index (χ2n) is 7.44. The predicted octanol–water partition coefficient (Wildman–Crippen LogP) is 2.54. The smallest absolute Gasteiger partial charge is 0.224 e. The Kier molecular flexibility index (Phi) is 7.65. The van der Waals surface area contributed by atoms with Crippen molar-refractivity contribution in [2.24, 2.45) is 4.99 Å². The van der Waals surface area contributed by atoms with Crippen LogP contribution in [0, 0.1) is 12.7 Å². The van der Waals surface area contributed by atoms with E-state index >= 15 is 0 Å². The minimum Gasteiger partial charge on any atom is -0.368 e. The molecular weight excluding hydrogens is 381 g/mol. The van der Waals surface area contributed by atoms with Crippen LogP contribution in [0.15, 0.2) is 53.5 Å². The number of guanidine groups is 1. The molecule has 0 aromatic heterocycles. The number of benzene rings is 2. The van der Waals surface area contributed by atoms with E-state index in [-0.39, 0.29) is 11.7 Å². The standard InChI is InChI=1S/C23H30FN5O/c1-18-4-3-5-19(16-18)17-27-23(25-2)26-11-10-22(30)29-14-12-28(13-15-29)21-8-6-20(24)7-9-21/h3-9,16H,10-15,17H2,1-2H3,(H2,25,26,27). The van der Waals surface area contributed by atoms with Crippen LogP contribution in [0.2, 0.25) is 0 Å². The van der Waals surface area contributed by atoms with Crippen LogP contribution in [0.3, 0.4) is 0 Å². The lowest BCUT2D eigenvalue weighted by Crippen LogP contribution is -2.49. The Hall–Kier alpha value is -3.09. The average molecular weight is 412 g/mol. The summed E-state index contributed by atoms with van der Waals surface area (Å²) in [6, 6.07) is 14.8. The van der Waals surface area contributed by atoms with Gasteiger partial charge >= 0.3 is 0 Å². The molecule has 30 heavy (non-hydrogen) atoms. The summed E-state index contributed by atoms with van der Waals surface area (Å²) >= 11 is 0. The molecule has 1 amide bonds. The second-order valence-corrected chi connectivity index (χ2v) is 7.44. The molecule has 1 heterocycles. The Morgan fingerprint density at radius 1 is 1.07 bits per heavy atom. The highest BCUT2D eigenvalue weighted by Gasteiger charge is 2.21. The molecule has 3 rings (SSSR count). The number of nitrogens with zero attached hydrogens (tertiary/aromatic N) is 3. The largest absolute Gasteiger partial charge is 0.368 e. The summed E-state index contributed by atoms with van der Waals surface area (Å²) in [4.78, 5) is 20.8. The molecule has 7 heteroatoms. The summed E-state index contributed by atoms with van der Waals surface area (Å²) in [6.45, 7) is 6.15. The average Bonchev–Trinajstić information content (AvgIpc) is 2.76. The number of hydrogen-bond acceptors (Lipinski definition) is 3. The van der Waals surface area contributed by atoms with Crippen molar-refractivity contribution in [2.75, 3.05) is 44.7 Å². The number of hydrogen-bond donors (Lipinski definition) is 2. The van der Waals surface area contributed by atoms with Crippen LogP contribution in [0.1, 0.15) is 17.5 Å². The Morgan fingerprint density at radius 3 is 2.47 bits per heavy atom. The first-order chi connectivity index (χ1) is 14.5. The lowest BCUT2D eigenvalue weighted by molar-refractivity contribution is -0.131. The summed E-state index contributed by atoms with van der Waals surface area (Å²) in [6.07, 6.45) is 0.418. The minimum absolute atomic E-state index is 0.135. The van der Waals surface area contributed by atoms with Gasteiger partial charge in [-0.05, 0) is 36.8 Å². The fraction of sp³-hybridized carbons (Fsp3) is 0.391. The third-order valence-electron chi connectivity index (χ3n) is 5.22. The molecule has 2 aromatic carbocycles. The Bertz CT molecular complexity index is 860. The van der Waals surface area contributed by atoms with E-state index in [1.807, 2.05) is 11.0 Å². The van der Waals surface area contributed by atoms with Gasteiger partial charge in [-0.2, -0.15) is 0 Å². The van der Waals surface area contributed by atoms with E-state index in [9.17, 15) is 9.18 Å². The Morgan fingerprint density at radius 2 is 1.80 bits per heavy atom. The van der Waals surface area contributed by atoms with Gasteiger partial charge in [-0.25, -0.2) is 4.39 Å². The van der Waals surface area contributed by atoms with Crippen molar-refractivity contribution in [2.45, 2.75) is 19.9 Å². The summed E-state index contributed by atoms with van der Waals surface area (Å²) < 4.78 is 13.1. The molecule has 1 fully saturated rings. The first-order valence-electron chi connectivity index (χ1n) is 10.3. The van der Waals surface area contributed by atoms with E-state index in [0.29, 0.717) is 38.6 Å². The number of aryl methyl sites for hydroxylation is 1. The number of nitrogens with one attached hydrogen (secondary N) is 2. The summed E-state index contributed by atoms with van der Waals surface area (Å²) in [7, 11) is 1.72. The van der Waals surface area contributed by atoms with Crippen LogP contribution in [0.4, 0.5) is 10.1 Å². The maximum Gasteiger partial charge on any atom is 0.224 e. The molecule has 0 saturated carbocycles. The number of amides is 1. The Labute approximate surface area is 177 Å². The number of carbonyl (C=O) groups is 1. The molecule has 0 bridgehead atoms. The molecule has 0 radical (unpaired) electrons. The SMILES string of the molecule is CN=C(NCCC(=O)N1CCN(c2ccc(F)cc2)CC1)NCc1cccc(C)c1. The normalized spacial score (nSPS) is 14.6. The van der Waals surface area contributed by atoms with E-state index in [2.05, 4.69) is 45.6 Å². The maximum atomic E-state index is 13.1. The molecule has 2 aromatic rings. The zero-order chi connectivity index (χ0) is 21.3. The van der Waals surface area contributed by atoms with Crippen LogP contribution in [-0.2, 0) is 11.3 Å². The van der Waals surface area contributed by atoms with Gasteiger partial charge in [-0.1, -0.05) is 29.8 Å². The number of carbonyl (C=O) groups excluding carboxylic acids is 1. The quantitative estimate of drug-likeness (QED) is 0.567. The topological polar surface area (TPSA) is 60.0 Å². The summed E-state index contributed by atoms with van der Waals surface area (Å²) in [5.41, 5.74) is 3.41. The van der Waals surface area contributed by atoms with E-state index < -0.39 is 0 Å². The zero-order valence-corrected chi connectivity index (χ0v) is 17.7. The number of anilines is 1. The maximum absolute atomic E-state index is 13.1. The fourth-order valence-corrected chi connectivity index (χ4v) is 3.54. The lowest BCUT2D eigenvalue weighted by Gasteiger charge is -2.36. The number of aliphatic imine (C=N–C) groups is 1. The first-order valence-corrected chi connectivity index (χ1v) is 10.3. The zero-order valence-electron chi connectivity index (χ0n) is 17.7. The van der Waals surface area contributed by atoms with Crippen molar-refractivity contribution >= 4 is 17.6 Å². The van der Waals surface area contributed by atoms with E-state index in [1.54, 1.807) is 19.2 Å². The van der Waals surface area contributed by atoms with Gasteiger partial charge in [0, 0.05) is 58.4 Å². The van der Waals surface area contributed by atoms with Crippen molar-refractivity contribution in [3.63, 3.8) is 0 Å². The van der Waals surface area contributed by atoms with E-state index in [0.717, 1.165) is 18.8 Å². The van der Waals surface area contributed by atoms with Crippen molar-refractivity contribution in [1.82, 2.24) is 15.5 Å². The molecule has 6 nitrogen and oxygen atoms in total. The van der Waals surface area contributed by atoms with Crippen molar-refractivity contribution < 1.29 is 9.18 Å². The van der Waals surface area contributed by atoms with Gasteiger partial charge in [0.05, 0.1) is 0 Å². The molecule has 1 saturated heterocycles. The van der Waals surface area contributed by atoms with E-state index in [1.165, 1.54) is 23.3 Å². The van der Waals surface area contributed by atoms with Crippen LogP contribution >= 0.6 is 0 Å². The van der Waals surface area contributed by atoms with Crippen molar-refractivity contribution in [1.29, 1.82) is 0 Å². The van der Waals surface area contributed by atoms with Crippen LogP contribution in [-0.4, -0.2) is 56.5 Å². The van der Waals surface area contributed by atoms with Gasteiger partial charge in [-0.15, -0.1) is 0 Å². The van der Waals surface area contributed by atoms with Crippen molar-refractivity contribution in [3.05, 3.63) is 65.5 Å². The molecule has 0 atom stereocenters. The fourth-order valence-electron chi connectivity index (χ4n) is 3.54. The predicted molar refractivity (Wildman–Crippen MR) is 119 cm³/mol. The Balaban J connectivity index is 1.37. The minimum atomic E-state index is -0.233. The summed E-state index contributed by atoms with van der Waals surface area (Å²) in [5, 5.41) is 6.48. The van der Waals surface area contributed by atoms with Crippen LogP contribution in [0.5, 0.6) is 0 Å². The first kappa shape index (κ1) is 21.6. The molecule has 160 valence electrons. The summed E-state index contributed by atoms with van der Waals surface area (Å²) in [5.74, 6) is 0.587. The molecule has 0 spiro atoms. The van der Waals surface area contributed by atoms with Gasteiger partial charge in [0.2, 0.25) is 5.91 Å². The monoisotopic (exact) mass is 411 g/mol. The van der Waals surface area contributed by atoms with Gasteiger partial charge < -0.3 is 20.4 Å². The van der Waals surface area contributed by atoms with Crippen LogP contribution < -0.4 is 15.5 Å². The molecule has 0 unspecified atom stereocenters. The molecular formula is C23H30FN5O.